The van der Waals surface area contributed by atoms with E-state index in [-0.39, 0.29) is 9.88 Å². The van der Waals surface area contributed by atoms with E-state index in [1.807, 2.05) is 4.98 Å². The quantitative estimate of drug-likeness (QED) is 0.330. The normalized spacial score (nSPS) is 8.08. The minimum absolute atomic E-state index is 0.194. The summed E-state index contributed by atoms with van der Waals surface area (Å²) in [6.07, 6.45) is 1.29. The van der Waals surface area contributed by atoms with E-state index in [1.54, 1.807) is 0 Å². The number of nitrogens with one attached hydrogen (secondary N) is 2. The lowest BCUT2D eigenvalue weighted by Gasteiger charge is -1.75. The molecule has 0 amide bonds. The topological polar surface area (TPSA) is 91.7 Å². The van der Waals surface area contributed by atoms with Crippen molar-refractivity contribution in [2.24, 2.45) is 5.73 Å². The van der Waals surface area contributed by atoms with Gasteiger partial charge in [0.15, 0.2) is 0 Å². The summed E-state index contributed by atoms with van der Waals surface area (Å²) >= 11 is 7.65. The van der Waals surface area contributed by atoms with Crippen LogP contribution in [0, 0.1) is 0 Å². The highest BCUT2D eigenvalue weighted by Gasteiger charge is 1.77. The molecule has 1 aromatic rings. The van der Waals surface area contributed by atoms with Gasteiger partial charge in [-0.1, -0.05) is 12.2 Å². The van der Waals surface area contributed by atoms with Gasteiger partial charge >= 0.3 is 5.69 Å². The Kier molecular flexibility index (Phi) is 5.06. The van der Waals surface area contributed by atoms with Crippen LogP contribution in [0.4, 0.5) is 0 Å². The van der Waals surface area contributed by atoms with Crippen LogP contribution in [0.15, 0.2) is 21.9 Å². The molecule has 0 unspecified atom stereocenters. The second-order valence-corrected chi connectivity index (χ2v) is 2.86. The molecule has 0 aliphatic carbocycles. The molecule has 0 saturated heterocycles. The lowest BCUT2D eigenvalue weighted by atomic mass is 10.7. The zero-order valence-corrected chi connectivity index (χ0v) is 7.61. The summed E-state index contributed by atoms with van der Waals surface area (Å²) in [6.45, 7) is 0. The van der Waals surface area contributed by atoms with E-state index in [0.717, 1.165) is 0 Å². The van der Waals surface area contributed by atoms with Gasteiger partial charge in [-0.15, -0.1) is 12.6 Å². The van der Waals surface area contributed by atoms with Crippen molar-refractivity contribution in [3.63, 3.8) is 0 Å². The van der Waals surface area contributed by atoms with Crippen LogP contribution in [0.2, 0.25) is 0 Å². The first kappa shape index (κ1) is 10.9. The van der Waals surface area contributed by atoms with E-state index < -0.39 is 5.69 Å². The Morgan fingerprint density at radius 1 is 1.58 bits per heavy atom. The van der Waals surface area contributed by atoms with Gasteiger partial charge in [-0.05, 0) is 0 Å². The van der Waals surface area contributed by atoms with E-state index in [4.69, 9.17) is 5.73 Å². The molecule has 0 radical (unpaired) electrons. The average molecular weight is 205 g/mol. The maximum absolute atomic E-state index is 10.2. The summed E-state index contributed by atoms with van der Waals surface area (Å²) in [5.74, 6) is 0. The fourth-order valence-electron chi connectivity index (χ4n) is 0.383. The van der Waals surface area contributed by atoms with E-state index >= 15 is 0 Å². The number of aromatic nitrogens is 2. The summed E-state index contributed by atoms with van der Waals surface area (Å²) in [5.41, 5.74) is 3.85. The lowest BCUT2D eigenvalue weighted by molar-refractivity contribution is 1.04. The maximum atomic E-state index is 10.2. The molecular formula is C5H7N3O2S2. The first-order valence-electron chi connectivity index (χ1n) is 2.79. The van der Waals surface area contributed by atoms with Crippen LogP contribution < -0.4 is 17.0 Å². The smallest absolute Gasteiger partial charge is 0.325 e. The summed E-state index contributed by atoms with van der Waals surface area (Å²) in [4.78, 5) is 24.7. The molecule has 66 valence electrons. The van der Waals surface area contributed by atoms with Crippen molar-refractivity contribution in [1.29, 1.82) is 0 Å². The molecule has 0 aromatic carbocycles. The molecule has 1 rings (SSSR count). The van der Waals surface area contributed by atoms with Crippen molar-refractivity contribution in [3.8, 4) is 0 Å². The molecule has 1 heterocycles. The van der Waals surface area contributed by atoms with Crippen LogP contribution >= 0.6 is 24.8 Å². The highest BCUT2D eigenvalue weighted by molar-refractivity contribution is 8.10. The summed E-state index contributed by atoms with van der Waals surface area (Å²) in [6, 6.07) is 1.24. The van der Waals surface area contributed by atoms with Crippen molar-refractivity contribution < 1.29 is 0 Å². The average Bonchev–Trinajstić information content (AvgIpc) is 1.84. The third-order valence-electron chi connectivity index (χ3n) is 0.686. The van der Waals surface area contributed by atoms with Gasteiger partial charge in [-0.3, -0.25) is 9.78 Å². The number of thiol groups is 1. The SMILES string of the molecule is NC(=S)S.O=c1cc[nH]c(=O)[nH]1. The van der Waals surface area contributed by atoms with Gasteiger partial charge in [0.2, 0.25) is 0 Å². The highest BCUT2D eigenvalue weighted by Crippen LogP contribution is 1.63. The van der Waals surface area contributed by atoms with Gasteiger partial charge in [0.25, 0.3) is 5.56 Å². The van der Waals surface area contributed by atoms with Gasteiger partial charge < -0.3 is 10.7 Å². The first-order valence-corrected chi connectivity index (χ1v) is 3.64. The molecule has 1 aromatic heterocycles. The number of thiocarbonyl (C=S) groups is 1. The molecule has 5 nitrogen and oxygen atoms in total. The number of hydrogen-bond acceptors (Lipinski definition) is 3. The molecule has 0 saturated carbocycles. The summed E-state index contributed by atoms with van der Waals surface area (Å²) in [7, 11) is 0. The third-order valence-corrected chi connectivity index (χ3v) is 0.686. The lowest BCUT2D eigenvalue weighted by Crippen LogP contribution is -2.19. The van der Waals surface area contributed by atoms with E-state index in [0.29, 0.717) is 0 Å². The maximum Gasteiger partial charge on any atom is 0.325 e. The molecule has 4 N–H and O–H groups in total. The zero-order valence-electron chi connectivity index (χ0n) is 5.90. The molecule has 0 bridgehead atoms. The molecular weight excluding hydrogens is 198 g/mol. The van der Waals surface area contributed by atoms with Crippen LogP contribution in [0.25, 0.3) is 0 Å². The molecule has 0 aliphatic rings. The Bertz CT molecular complexity index is 327. The second kappa shape index (κ2) is 5.56. The Labute approximate surface area is 78.4 Å². The standard InChI is InChI=1S/C4H4N2O2.CH3NS2/c7-3-1-2-5-4(8)6-3;2-1(3)4/h1-2H,(H2,5,6,7,8);(H3,2,3,4). The second-order valence-electron chi connectivity index (χ2n) is 1.63. The molecule has 0 atom stereocenters. The van der Waals surface area contributed by atoms with Crippen LogP contribution in [-0.2, 0) is 0 Å². The summed E-state index contributed by atoms with van der Waals surface area (Å²) < 4.78 is 0.194. The third kappa shape index (κ3) is 7.03. The van der Waals surface area contributed by atoms with E-state index in [1.165, 1.54) is 12.3 Å². The van der Waals surface area contributed by atoms with Gasteiger partial charge in [-0.2, -0.15) is 0 Å². The first-order chi connectivity index (χ1) is 5.52. The van der Waals surface area contributed by atoms with E-state index in [9.17, 15) is 9.59 Å². The van der Waals surface area contributed by atoms with Crippen LogP contribution in [-0.4, -0.2) is 14.3 Å². The largest absolute Gasteiger partial charge is 0.385 e. The number of nitrogens with two attached hydrogens (primary N) is 1. The van der Waals surface area contributed by atoms with Crippen LogP contribution in [0.5, 0.6) is 0 Å². The van der Waals surface area contributed by atoms with Crippen molar-refractivity contribution in [2.75, 3.05) is 0 Å². The van der Waals surface area contributed by atoms with Crippen molar-refractivity contribution >= 4 is 29.2 Å². The minimum atomic E-state index is -0.475. The van der Waals surface area contributed by atoms with Crippen molar-refractivity contribution in [3.05, 3.63) is 33.1 Å². The summed E-state index contributed by atoms with van der Waals surface area (Å²) in [5, 5.41) is 0. The van der Waals surface area contributed by atoms with Crippen LogP contribution in [0.1, 0.15) is 0 Å². The Morgan fingerprint density at radius 3 is 2.33 bits per heavy atom. The molecule has 0 spiro atoms. The number of aromatic amines is 2. The predicted molar refractivity (Wildman–Crippen MR) is 53.5 cm³/mol. The van der Waals surface area contributed by atoms with E-state index in [2.05, 4.69) is 29.8 Å². The molecule has 7 heteroatoms. The number of hydrogen-bond donors (Lipinski definition) is 4. The predicted octanol–water partition coefficient (Wildman–Crippen LogP) is -0.777. The molecule has 0 aliphatic heterocycles. The van der Waals surface area contributed by atoms with Gasteiger partial charge in [-0.25, -0.2) is 4.79 Å². The number of rotatable bonds is 0. The van der Waals surface area contributed by atoms with Gasteiger partial charge in [0.05, 0.1) is 0 Å². The zero-order chi connectivity index (χ0) is 9.56. The van der Waals surface area contributed by atoms with Crippen LogP contribution in [0.3, 0.4) is 0 Å². The molecule has 0 fully saturated rings. The Balaban J connectivity index is 0.000000261. The van der Waals surface area contributed by atoms with Crippen molar-refractivity contribution in [2.45, 2.75) is 0 Å². The van der Waals surface area contributed by atoms with Gasteiger partial charge in [0, 0.05) is 12.3 Å². The Hall–Kier alpha value is -1.08. The highest BCUT2D eigenvalue weighted by atomic mass is 32.1. The monoisotopic (exact) mass is 205 g/mol. The fraction of sp³-hybridized carbons (Fsp3) is 0. The number of H-pyrrole nitrogens is 2. The molecule has 12 heavy (non-hydrogen) atoms. The minimum Gasteiger partial charge on any atom is -0.385 e. The fourth-order valence-corrected chi connectivity index (χ4v) is 0.383. The Morgan fingerprint density at radius 2 is 2.08 bits per heavy atom. The van der Waals surface area contributed by atoms with Gasteiger partial charge in [0.1, 0.15) is 4.32 Å². The van der Waals surface area contributed by atoms with Crippen molar-refractivity contribution in [1.82, 2.24) is 9.97 Å².